The minimum atomic E-state index is -1.25. The second-order valence-electron chi connectivity index (χ2n) is 5.78. The minimum Gasteiger partial charge on any atom is -0.549 e. The van der Waals surface area contributed by atoms with Crippen LogP contribution in [-0.2, 0) is 16.0 Å². The summed E-state index contributed by atoms with van der Waals surface area (Å²) < 4.78 is 0. The summed E-state index contributed by atoms with van der Waals surface area (Å²) in [6.45, 7) is 0.433. The largest absolute Gasteiger partial charge is 0.549 e. The van der Waals surface area contributed by atoms with Crippen LogP contribution in [-0.4, -0.2) is 33.7 Å². The summed E-state index contributed by atoms with van der Waals surface area (Å²) in [4.78, 5) is 29.8. The van der Waals surface area contributed by atoms with Gasteiger partial charge in [-0.1, -0.05) is 53.7 Å². The predicted molar refractivity (Wildman–Crippen MR) is 101 cm³/mol. The molecule has 26 heavy (non-hydrogen) atoms. The van der Waals surface area contributed by atoms with Gasteiger partial charge in [0.2, 0.25) is 5.91 Å². The van der Waals surface area contributed by atoms with Crippen LogP contribution >= 0.6 is 23.4 Å². The number of benzene rings is 2. The number of carboxylic acids is 1. The van der Waals surface area contributed by atoms with Crippen LogP contribution in [0, 0.1) is 0 Å². The predicted octanol–water partition coefficient (Wildman–Crippen LogP) is 2.65. The van der Waals surface area contributed by atoms with Gasteiger partial charge in [-0.15, -0.1) is 0 Å². The summed E-state index contributed by atoms with van der Waals surface area (Å²) >= 11 is 6.93. The number of aliphatic imine (C=N–C) groups is 1. The summed E-state index contributed by atoms with van der Waals surface area (Å²) in [6.07, 6.45) is 0.560. The van der Waals surface area contributed by atoms with Crippen molar-refractivity contribution >= 4 is 46.1 Å². The van der Waals surface area contributed by atoms with Crippen LogP contribution in [0.2, 0.25) is 5.02 Å². The van der Waals surface area contributed by atoms with E-state index in [1.165, 1.54) is 0 Å². The van der Waals surface area contributed by atoms with Gasteiger partial charge in [0.05, 0.1) is 16.9 Å². The highest BCUT2D eigenvalue weighted by atomic mass is 35.5. The van der Waals surface area contributed by atoms with E-state index in [1.54, 1.807) is 29.2 Å². The molecule has 2 aromatic rings. The monoisotopic (exact) mass is 387 g/mol. The molecular formula is C19H16ClN2O3S-. The van der Waals surface area contributed by atoms with Crippen molar-refractivity contribution in [3.63, 3.8) is 0 Å². The number of thioether (sulfide) groups is 1. The number of aliphatic carboxylic acids is 1. The fourth-order valence-electron chi connectivity index (χ4n) is 2.56. The maximum Gasteiger partial charge on any atom is 0.230 e. The number of carbonyl (C=O) groups is 2. The van der Waals surface area contributed by atoms with E-state index in [0.717, 1.165) is 17.3 Å². The van der Waals surface area contributed by atoms with Gasteiger partial charge in [-0.3, -0.25) is 9.69 Å². The summed E-state index contributed by atoms with van der Waals surface area (Å²) in [5.74, 6) is -1.52. The molecule has 0 aromatic heterocycles. The van der Waals surface area contributed by atoms with Crippen LogP contribution in [0.1, 0.15) is 12.0 Å². The van der Waals surface area contributed by atoms with E-state index in [9.17, 15) is 14.7 Å². The van der Waals surface area contributed by atoms with Crippen molar-refractivity contribution in [3.8, 4) is 0 Å². The number of halogens is 1. The van der Waals surface area contributed by atoms with Gasteiger partial charge in [0, 0.05) is 18.0 Å². The average Bonchev–Trinajstić information content (AvgIpc) is 2.63. The molecule has 0 saturated carbocycles. The van der Waals surface area contributed by atoms with Crippen LogP contribution < -0.4 is 5.11 Å². The normalized spacial score (nSPS) is 19.0. The number of hydrogen-bond acceptors (Lipinski definition) is 5. The Balaban J connectivity index is 1.84. The third-order valence-electron chi connectivity index (χ3n) is 3.92. The first-order valence-corrected chi connectivity index (χ1v) is 9.35. The van der Waals surface area contributed by atoms with Crippen molar-refractivity contribution < 1.29 is 14.7 Å². The standard InChI is InChI=1S/C19H17ClN2O3S/c20-14-6-8-15(9-7-14)21-19-22(11-10-13-4-2-1-3-5-13)17(23)12-16(26-19)18(24)25/h1-9,16H,10-12H2,(H,24,25)/p-1/t16-/m1/s1. The summed E-state index contributed by atoms with van der Waals surface area (Å²) in [6, 6.07) is 16.6. The van der Waals surface area contributed by atoms with Crippen LogP contribution in [0.5, 0.6) is 0 Å². The number of carboxylic acid groups (broad SMARTS) is 1. The zero-order valence-corrected chi connectivity index (χ0v) is 15.4. The molecule has 1 aliphatic heterocycles. The van der Waals surface area contributed by atoms with Crippen molar-refractivity contribution in [2.24, 2.45) is 4.99 Å². The maximum absolute atomic E-state index is 12.5. The Morgan fingerprint density at radius 3 is 2.54 bits per heavy atom. The van der Waals surface area contributed by atoms with Crippen LogP contribution in [0.15, 0.2) is 59.6 Å². The van der Waals surface area contributed by atoms with Gasteiger partial charge < -0.3 is 9.90 Å². The smallest absolute Gasteiger partial charge is 0.230 e. The van der Waals surface area contributed by atoms with Crippen LogP contribution in [0.3, 0.4) is 0 Å². The summed E-state index contributed by atoms with van der Waals surface area (Å²) in [5.41, 5.74) is 1.70. The molecule has 7 heteroatoms. The molecule has 0 radical (unpaired) electrons. The maximum atomic E-state index is 12.5. The second-order valence-corrected chi connectivity index (χ2v) is 7.39. The summed E-state index contributed by atoms with van der Waals surface area (Å²) in [7, 11) is 0. The molecule has 5 nitrogen and oxygen atoms in total. The Morgan fingerprint density at radius 1 is 1.19 bits per heavy atom. The number of carbonyl (C=O) groups excluding carboxylic acids is 2. The first-order valence-electron chi connectivity index (χ1n) is 8.09. The highest BCUT2D eigenvalue weighted by molar-refractivity contribution is 8.15. The Bertz CT molecular complexity index is 824. The molecule has 1 atom stereocenters. The molecule has 1 heterocycles. The van der Waals surface area contributed by atoms with E-state index in [1.807, 2.05) is 30.3 Å². The van der Waals surface area contributed by atoms with E-state index in [-0.39, 0.29) is 12.3 Å². The van der Waals surface area contributed by atoms with Crippen molar-refractivity contribution in [3.05, 3.63) is 65.2 Å². The number of hydrogen-bond donors (Lipinski definition) is 0. The lowest BCUT2D eigenvalue weighted by Gasteiger charge is -2.32. The molecule has 0 aliphatic carbocycles. The Morgan fingerprint density at radius 2 is 1.88 bits per heavy atom. The zero-order valence-electron chi connectivity index (χ0n) is 13.8. The topological polar surface area (TPSA) is 72.8 Å². The molecule has 0 N–H and O–H groups in total. The molecule has 0 unspecified atom stereocenters. The molecule has 1 aliphatic rings. The lowest BCUT2D eigenvalue weighted by Crippen LogP contribution is -2.48. The quantitative estimate of drug-likeness (QED) is 0.790. The zero-order chi connectivity index (χ0) is 18.5. The van der Waals surface area contributed by atoms with Gasteiger partial charge in [-0.2, -0.15) is 0 Å². The molecule has 1 fully saturated rings. The molecule has 0 bridgehead atoms. The highest BCUT2D eigenvalue weighted by Crippen LogP contribution is 2.29. The van der Waals surface area contributed by atoms with Crippen molar-refractivity contribution in [2.45, 2.75) is 18.1 Å². The van der Waals surface area contributed by atoms with E-state index in [2.05, 4.69) is 4.99 Å². The highest BCUT2D eigenvalue weighted by Gasteiger charge is 2.32. The average molecular weight is 388 g/mol. The molecule has 2 aromatic carbocycles. The SMILES string of the molecule is O=C([O-])[C@H]1CC(=O)N(CCc2ccccc2)C(=Nc2ccc(Cl)cc2)S1. The lowest BCUT2D eigenvalue weighted by atomic mass is 10.1. The van der Waals surface area contributed by atoms with Crippen LogP contribution in [0.25, 0.3) is 0 Å². The fraction of sp³-hybridized carbons (Fsp3) is 0.211. The first-order chi connectivity index (χ1) is 12.5. The molecule has 3 rings (SSSR count). The molecule has 1 saturated heterocycles. The van der Waals surface area contributed by atoms with E-state index in [0.29, 0.717) is 28.8 Å². The third kappa shape index (κ3) is 4.65. The van der Waals surface area contributed by atoms with Gasteiger partial charge in [-0.25, -0.2) is 4.99 Å². The van der Waals surface area contributed by atoms with Gasteiger partial charge in [0.25, 0.3) is 0 Å². The number of amides is 1. The minimum absolute atomic E-state index is 0.0958. The lowest BCUT2D eigenvalue weighted by molar-refractivity contribution is -0.304. The Hall–Kier alpha value is -2.31. The van der Waals surface area contributed by atoms with E-state index in [4.69, 9.17) is 11.6 Å². The molecule has 134 valence electrons. The van der Waals surface area contributed by atoms with Crippen molar-refractivity contribution in [2.75, 3.05) is 6.54 Å². The second kappa shape index (κ2) is 8.38. The molecule has 1 amide bonds. The third-order valence-corrected chi connectivity index (χ3v) is 5.34. The first kappa shape index (κ1) is 18.5. The number of nitrogens with zero attached hydrogens (tertiary/aromatic N) is 2. The fourth-order valence-corrected chi connectivity index (χ4v) is 3.74. The summed E-state index contributed by atoms with van der Waals surface area (Å²) in [5, 5.41) is 11.3. The Kier molecular flexibility index (Phi) is 5.96. The van der Waals surface area contributed by atoms with Crippen molar-refractivity contribution in [1.29, 1.82) is 0 Å². The van der Waals surface area contributed by atoms with Crippen LogP contribution in [0.4, 0.5) is 5.69 Å². The number of amidine groups is 1. The molecular weight excluding hydrogens is 372 g/mol. The van der Waals surface area contributed by atoms with E-state index < -0.39 is 11.2 Å². The van der Waals surface area contributed by atoms with E-state index >= 15 is 0 Å². The van der Waals surface area contributed by atoms with Gasteiger partial charge in [-0.05, 0) is 36.2 Å². The molecule has 0 spiro atoms. The number of rotatable bonds is 5. The van der Waals surface area contributed by atoms with Gasteiger partial charge in [0.15, 0.2) is 5.17 Å². The van der Waals surface area contributed by atoms with Gasteiger partial charge >= 0.3 is 0 Å². The van der Waals surface area contributed by atoms with Gasteiger partial charge in [0.1, 0.15) is 0 Å². The Labute approximate surface area is 160 Å². The van der Waals surface area contributed by atoms with Crippen molar-refractivity contribution in [1.82, 2.24) is 4.90 Å².